The molecule has 3 aromatic rings. The van der Waals surface area contributed by atoms with Gasteiger partial charge in [0.25, 0.3) is 0 Å². The molecule has 2 aliphatic heterocycles. The van der Waals surface area contributed by atoms with E-state index < -0.39 is 0 Å². The summed E-state index contributed by atoms with van der Waals surface area (Å²) in [6, 6.07) is 16.2. The summed E-state index contributed by atoms with van der Waals surface area (Å²) in [6.45, 7) is 3.75. The topological polar surface area (TPSA) is 67.8 Å². The van der Waals surface area contributed by atoms with Gasteiger partial charge in [-0.2, -0.15) is 0 Å². The van der Waals surface area contributed by atoms with Crippen LogP contribution in [-0.2, 0) is 22.5 Å². The number of ether oxygens (including phenoxy) is 2. The standard InChI is InChI=1S/C26H28N4O3/c1-32-22-8-6-20(7-9-22)23-14-27-15-24(28-23)25-17-30(12-13-33-25)26(31)18-29-11-10-19-4-2-3-5-21(19)16-29/h2-9,14-15,25H,10-13,16-18H2,1H3/t25-/m1/s1. The van der Waals surface area contributed by atoms with Gasteiger partial charge in [0.15, 0.2) is 0 Å². The predicted molar refractivity (Wildman–Crippen MR) is 125 cm³/mol. The predicted octanol–water partition coefficient (Wildman–Crippen LogP) is 3.11. The Morgan fingerprint density at radius 3 is 2.73 bits per heavy atom. The zero-order chi connectivity index (χ0) is 22.6. The number of morpholine rings is 1. The molecular weight excluding hydrogens is 416 g/mol. The maximum absolute atomic E-state index is 13.1. The maximum Gasteiger partial charge on any atom is 0.236 e. The Kier molecular flexibility index (Phi) is 6.32. The molecule has 1 aromatic heterocycles. The molecule has 0 bridgehead atoms. The summed E-state index contributed by atoms with van der Waals surface area (Å²) in [7, 11) is 1.65. The molecule has 170 valence electrons. The highest BCUT2D eigenvalue weighted by molar-refractivity contribution is 5.78. The van der Waals surface area contributed by atoms with Crippen molar-refractivity contribution in [3.05, 3.63) is 77.7 Å². The van der Waals surface area contributed by atoms with Crippen LogP contribution in [0.15, 0.2) is 60.9 Å². The Labute approximate surface area is 194 Å². The first-order chi connectivity index (χ1) is 16.2. The van der Waals surface area contributed by atoms with Gasteiger partial charge < -0.3 is 14.4 Å². The summed E-state index contributed by atoms with van der Waals surface area (Å²) in [5.41, 5.74) is 5.19. The van der Waals surface area contributed by atoms with Gasteiger partial charge in [0.2, 0.25) is 5.91 Å². The number of fused-ring (bicyclic) bond motifs is 1. The van der Waals surface area contributed by atoms with Crippen LogP contribution in [0.25, 0.3) is 11.3 Å². The van der Waals surface area contributed by atoms with Crippen molar-refractivity contribution in [3.63, 3.8) is 0 Å². The molecule has 0 radical (unpaired) electrons. The molecule has 2 aromatic carbocycles. The minimum absolute atomic E-state index is 0.141. The number of methoxy groups -OCH3 is 1. The molecule has 1 saturated heterocycles. The van der Waals surface area contributed by atoms with Crippen LogP contribution in [0.5, 0.6) is 5.75 Å². The fourth-order valence-electron chi connectivity index (χ4n) is 4.47. The lowest BCUT2D eigenvalue weighted by atomic mass is 10.00. The highest BCUT2D eigenvalue weighted by Gasteiger charge is 2.28. The Hall–Kier alpha value is -3.29. The molecule has 5 rings (SSSR count). The van der Waals surface area contributed by atoms with E-state index in [1.807, 2.05) is 29.2 Å². The lowest BCUT2D eigenvalue weighted by molar-refractivity contribution is -0.140. The quantitative estimate of drug-likeness (QED) is 0.603. The highest BCUT2D eigenvalue weighted by atomic mass is 16.5. The van der Waals surface area contributed by atoms with Crippen LogP contribution in [0.1, 0.15) is 22.9 Å². The van der Waals surface area contributed by atoms with Crippen molar-refractivity contribution in [1.82, 2.24) is 19.8 Å². The minimum Gasteiger partial charge on any atom is -0.497 e. The van der Waals surface area contributed by atoms with E-state index in [0.29, 0.717) is 26.2 Å². The largest absolute Gasteiger partial charge is 0.497 e. The smallest absolute Gasteiger partial charge is 0.236 e. The van der Waals surface area contributed by atoms with E-state index >= 15 is 0 Å². The van der Waals surface area contributed by atoms with Gasteiger partial charge in [-0.15, -0.1) is 0 Å². The van der Waals surface area contributed by atoms with Gasteiger partial charge in [-0.1, -0.05) is 24.3 Å². The summed E-state index contributed by atoms with van der Waals surface area (Å²) in [5.74, 6) is 0.937. The summed E-state index contributed by atoms with van der Waals surface area (Å²) in [5, 5.41) is 0. The van der Waals surface area contributed by atoms with E-state index in [2.05, 4.69) is 34.1 Å². The van der Waals surface area contributed by atoms with Crippen LogP contribution in [0.3, 0.4) is 0 Å². The monoisotopic (exact) mass is 444 g/mol. The average Bonchev–Trinajstić information content (AvgIpc) is 2.89. The molecule has 0 aliphatic carbocycles. The van der Waals surface area contributed by atoms with Crippen molar-refractivity contribution in [2.24, 2.45) is 0 Å². The number of benzene rings is 2. The molecular formula is C26H28N4O3. The Morgan fingerprint density at radius 1 is 1.09 bits per heavy atom. The van der Waals surface area contributed by atoms with Crippen LogP contribution in [0.4, 0.5) is 0 Å². The van der Waals surface area contributed by atoms with Crippen LogP contribution >= 0.6 is 0 Å². The number of aromatic nitrogens is 2. The summed E-state index contributed by atoms with van der Waals surface area (Å²) in [6.07, 6.45) is 4.18. The molecule has 0 unspecified atom stereocenters. The Bertz CT molecular complexity index is 1120. The molecule has 0 spiro atoms. The van der Waals surface area contributed by atoms with Crippen molar-refractivity contribution >= 4 is 5.91 Å². The van der Waals surface area contributed by atoms with Gasteiger partial charge in [0.05, 0.1) is 50.6 Å². The zero-order valence-corrected chi connectivity index (χ0v) is 18.8. The van der Waals surface area contributed by atoms with E-state index in [4.69, 9.17) is 14.5 Å². The van der Waals surface area contributed by atoms with E-state index in [1.165, 1.54) is 11.1 Å². The second-order valence-corrected chi connectivity index (χ2v) is 8.49. The first-order valence-corrected chi connectivity index (χ1v) is 11.3. The molecule has 1 atom stereocenters. The fraction of sp³-hybridized carbons (Fsp3) is 0.346. The molecule has 0 saturated carbocycles. The van der Waals surface area contributed by atoms with Crippen molar-refractivity contribution < 1.29 is 14.3 Å². The zero-order valence-electron chi connectivity index (χ0n) is 18.8. The molecule has 0 N–H and O–H groups in total. The SMILES string of the molecule is COc1ccc(-c2cncc([C@H]3CN(C(=O)CN4CCc5ccccc5C4)CCO3)n2)cc1. The lowest BCUT2D eigenvalue weighted by Crippen LogP contribution is -2.47. The van der Waals surface area contributed by atoms with Gasteiger partial charge in [-0.05, 0) is 41.8 Å². The van der Waals surface area contributed by atoms with Crippen molar-refractivity contribution in [2.75, 3.05) is 39.9 Å². The van der Waals surface area contributed by atoms with Crippen LogP contribution < -0.4 is 4.74 Å². The van der Waals surface area contributed by atoms with Gasteiger partial charge in [0.1, 0.15) is 11.9 Å². The number of carbonyl (C=O) groups is 1. The third-order valence-electron chi connectivity index (χ3n) is 6.36. The average molecular weight is 445 g/mol. The molecule has 7 heteroatoms. The summed E-state index contributed by atoms with van der Waals surface area (Å²) >= 11 is 0. The highest BCUT2D eigenvalue weighted by Crippen LogP contribution is 2.25. The van der Waals surface area contributed by atoms with Crippen molar-refractivity contribution in [3.8, 4) is 17.0 Å². The number of carbonyl (C=O) groups excluding carboxylic acids is 1. The number of nitrogens with zero attached hydrogens (tertiary/aromatic N) is 4. The number of hydrogen-bond acceptors (Lipinski definition) is 6. The summed E-state index contributed by atoms with van der Waals surface area (Å²) < 4.78 is 11.2. The molecule has 33 heavy (non-hydrogen) atoms. The molecule has 2 aliphatic rings. The van der Waals surface area contributed by atoms with Crippen LogP contribution in [0, 0.1) is 0 Å². The van der Waals surface area contributed by atoms with Crippen LogP contribution in [-0.4, -0.2) is 65.6 Å². The van der Waals surface area contributed by atoms with Crippen molar-refractivity contribution in [1.29, 1.82) is 0 Å². The fourth-order valence-corrected chi connectivity index (χ4v) is 4.47. The Morgan fingerprint density at radius 2 is 1.91 bits per heavy atom. The second kappa shape index (κ2) is 9.68. The number of hydrogen-bond donors (Lipinski definition) is 0. The van der Waals surface area contributed by atoms with Gasteiger partial charge in [-0.3, -0.25) is 14.7 Å². The van der Waals surface area contributed by atoms with Gasteiger partial charge in [0, 0.05) is 25.2 Å². The molecule has 3 heterocycles. The van der Waals surface area contributed by atoms with Crippen LogP contribution in [0.2, 0.25) is 0 Å². The Balaban J connectivity index is 1.24. The van der Waals surface area contributed by atoms with E-state index in [9.17, 15) is 4.79 Å². The molecule has 1 fully saturated rings. The minimum atomic E-state index is -0.282. The normalized spacial score (nSPS) is 18.6. The third kappa shape index (κ3) is 4.89. The second-order valence-electron chi connectivity index (χ2n) is 8.49. The first kappa shape index (κ1) is 21.6. The first-order valence-electron chi connectivity index (χ1n) is 11.3. The van der Waals surface area contributed by atoms with E-state index in [1.54, 1.807) is 19.5 Å². The maximum atomic E-state index is 13.1. The summed E-state index contributed by atoms with van der Waals surface area (Å²) in [4.78, 5) is 26.4. The number of rotatable bonds is 5. The van der Waals surface area contributed by atoms with Gasteiger partial charge in [-0.25, -0.2) is 4.98 Å². The van der Waals surface area contributed by atoms with Crippen molar-refractivity contribution in [2.45, 2.75) is 19.1 Å². The molecule has 7 nitrogen and oxygen atoms in total. The van der Waals surface area contributed by atoms with E-state index in [-0.39, 0.29) is 12.0 Å². The van der Waals surface area contributed by atoms with Gasteiger partial charge >= 0.3 is 0 Å². The molecule has 1 amide bonds. The lowest BCUT2D eigenvalue weighted by Gasteiger charge is -2.35. The number of amides is 1. The third-order valence-corrected chi connectivity index (χ3v) is 6.36. The van der Waals surface area contributed by atoms with E-state index in [0.717, 1.165) is 42.2 Å².